The van der Waals surface area contributed by atoms with E-state index in [1.165, 1.54) is 0 Å². The Balaban J connectivity index is 3.29. The third-order valence-corrected chi connectivity index (χ3v) is 1.83. The number of aromatic nitrogens is 2. The van der Waals surface area contributed by atoms with Gasteiger partial charge in [-0.1, -0.05) is 11.6 Å². The summed E-state index contributed by atoms with van der Waals surface area (Å²) < 4.78 is 1.09. The van der Waals surface area contributed by atoms with Gasteiger partial charge in [0, 0.05) is 11.8 Å². The summed E-state index contributed by atoms with van der Waals surface area (Å²) in [4.78, 5) is 3.61. The second kappa shape index (κ2) is 2.37. The van der Waals surface area contributed by atoms with Gasteiger partial charge in [-0.2, -0.15) is 0 Å². The molecule has 0 aliphatic carbocycles. The first-order chi connectivity index (χ1) is 4.13. The van der Waals surface area contributed by atoms with Gasteiger partial charge in [0.25, 0.3) is 0 Å². The maximum absolute atomic E-state index is 5.47. The number of hydrogen-bond acceptors (Lipinski definition) is 1. The predicted molar refractivity (Wildman–Crippen MR) is 38.0 cm³/mol. The Hall–Kier alpha value is 0.0800. The molecular formula is C4H2Cl3N2. The molecule has 0 aliphatic heterocycles. The zero-order valence-electron chi connectivity index (χ0n) is 4.24. The standard InChI is InChI=1S/C4H2Cl3N2/c1-2-3(5)8-4(6)9(2)7/h1H2. The third kappa shape index (κ3) is 1.16. The molecule has 1 aromatic rings. The fourth-order valence-corrected chi connectivity index (χ4v) is 0.937. The molecule has 49 valence electrons. The molecule has 0 saturated carbocycles. The third-order valence-electron chi connectivity index (χ3n) is 0.828. The zero-order valence-corrected chi connectivity index (χ0v) is 6.50. The molecule has 2 nitrogen and oxygen atoms in total. The first-order valence-electron chi connectivity index (χ1n) is 2.04. The summed E-state index contributed by atoms with van der Waals surface area (Å²) in [7, 11) is 0. The van der Waals surface area contributed by atoms with E-state index in [1.807, 2.05) is 0 Å². The van der Waals surface area contributed by atoms with Gasteiger partial charge < -0.3 is 0 Å². The van der Waals surface area contributed by atoms with Crippen LogP contribution < -0.4 is 0 Å². The van der Waals surface area contributed by atoms with Crippen molar-refractivity contribution in [1.29, 1.82) is 0 Å². The monoisotopic (exact) mass is 183 g/mol. The average Bonchev–Trinajstić information content (AvgIpc) is 1.98. The van der Waals surface area contributed by atoms with Crippen LogP contribution in [0.4, 0.5) is 0 Å². The fraction of sp³-hybridized carbons (Fsp3) is 0. The predicted octanol–water partition coefficient (Wildman–Crippen LogP) is 2.37. The maximum atomic E-state index is 5.47. The van der Waals surface area contributed by atoms with E-state index in [-0.39, 0.29) is 10.4 Å². The minimum atomic E-state index is 0.131. The fourth-order valence-electron chi connectivity index (χ4n) is 0.382. The normalized spacial score (nSPS) is 10.2. The Labute approximate surface area is 67.5 Å². The lowest BCUT2D eigenvalue weighted by Crippen LogP contribution is -1.80. The number of halogens is 3. The van der Waals surface area contributed by atoms with Crippen LogP contribution in [0.3, 0.4) is 0 Å². The van der Waals surface area contributed by atoms with Crippen LogP contribution in [0.2, 0.25) is 10.4 Å². The second-order valence-corrected chi connectivity index (χ2v) is 2.43. The Morgan fingerprint density at radius 3 is 2.11 bits per heavy atom. The van der Waals surface area contributed by atoms with E-state index in [9.17, 15) is 0 Å². The molecule has 0 fully saturated rings. The summed E-state index contributed by atoms with van der Waals surface area (Å²) in [5.41, 5.74) is 0.406. The highest BCUT2D eigenvalue weighted by Gasteiger charge is 2.06. The molecule has 0 N–H and O–H groups in total. The summed E-state index contributed by atoms with van der Waals surface area (Å²) in [5, 5.41) is 0.363. The van der Waals surface area contributed by atoms with E-state index in [4.69, 9.17) is 35.0 Å². The average molecular weight is 184 g/mol. The van der Waals surface area contributed by atoms with Crippen molar-refractivity contribution in [2.24, 2.45) is 0 Å². The lowest BCUT2D eigenvalue weighted by molar-refractivity contribution is 1.18. The highest BCUT2D eigenvalue weighted by Crippen LogP contribution is 2.20. The van der Waals surface area contributed by atoms with Gasteiger partial charge in [0.2, 0.25) is 5.28 Å². The van der Waals surface area contributed by atoms with Crippen molar-refractivity contribution in [3.8, 4) is 0 Å². The molecule has 1 rings (SSSR count). The molecule has 5 heteroatoms. The smallest absolute Gasteiger partial charge is 0.219 e. The molecule has 0 spiro atoms. The van der Waals surface area contributed by atoms with Crippen molar-refractivity contribution in [2.75, 3.05) is 0 Å². The molecule has 1 radical (unpaired) electrons. The van der Waals surface area contributed by atoms with Crippen molar-refractivity contribution < 1.29 is 0 Å². The van der Waals surface area contributed by atoms with E-state index in [2.05, 4.69) is 11.9 Å². The van der Waals surface area contributed by atoms with Crippen molar-refractivity contribution in [2.45, 2.75) is 0 Å². The first-order valence-corrected chi connectivity index (χ1v) is 3.14. The molecular weight excluding hydrogens is 182 g/mol. The Morgan fingerprint density at radius 1 is 1.44 bits per heavy atom. The topological polar surface area (TPSA) is 17.8 Å². The van der Waals surface area contributed by atoms with E-state index < -0.39 is 0 Å². The lowest BCUT2D eigenvalue weighted by Gasteiger charge is -1.88. The van der Waals surface area contributed by atoms with Gasteiger partial charge in [0.05, 0.1) is 5.69 Å². The molecule has 0 atom stereocenters. The van der Waals surface area contributed by atoms with Gasteiger partial charge >= 0.3 is 0 Å². The summed E-state index contributed by atoms with van der Waals surface area (Å²) in [6.07, 6.45) is 0. The molecule has 0 aromatic carbocycles. The SMILES string of the molecule is [CH2]c1c(Cl)nc(Cl)n1Cl. The maximum Gasteiger partial charge on any atom is 0.219 e. The number of nitrogens with zero attached hydrogens (tertiary/aromatic N) is 2. The minimum absolute atomic E-state index is 0.131. The van der Waals surface area contributed by atoms with Crippen molar-refractivity contribution in [1.82, 2.24) is 9.07 Å². The molecule has 0 unspecified atom stereocenters. The number of hydrogen-bond donors (Lipinski definition) is 0. The largest absolute Gasteiger partial charge is 0.227 e. The Morgan fingerprint density at radius 2 is 2.00 bits per heavy atom. The van der Waals surface area contributed by atoms with Crippen LogP contribution in [0.1, 0.15) is 5.69 Å². The lowest BCUT2D eigenvalue weighted by atomic mass is 10.6. The van der Waals surface area contributed by atoms with Crippen LogP contribution >= 0.6 is 35.0 Å². The van der Waals surface area contributed by atoms with Crippen LogP contribution in [-0.4, -0.2) is 9.07 Å². The van der Waals surface area contributed by atoms with E-state index >= 15 is 0 Å². The highest BCUT2D eigenvalue weighted by atomic mass is 35.5. The molecule has 0 amide bonds. The van der Waals surface area contributed by atoms with Crippen LogP contribution in [0.15, 0.2) is 0 Å². The first kappa shape index (κ1) is 7.19. The highest BCUT2D eigenvalue weighted by molar-refractivity contribution is 6.35. The van der Waals surface area contributed by atoms with E-state index in [1.54, 1.807) is 0 Å². The van der Waals surface area contributed by atoms with E-state index in [0.29, 0.717) is 5.69 Å². The van der Waals surface area contributed by atoms with Crippen LogP contribution in [0.5, 0.6) is 0 Å². The summed E-state index contributed by atoms with van der Waals surface area (Å²) >= 11 is 16.4. The minimum Gasteiger partial charge on any atom is -0.227 e. The summed E-state index contributed by atoms with van der Waals surface area (Å²) in [6, 6.07) is 0. The van der Waals surface area contributed by atoms with Crippen LogP contribution in [0, 0.1) is 6.92 Å². The van der Waals surface area contributed by atoms with Gasteiger partial charge in [-0.15, -0.1) is 0 Å². The zero-order chi connectivity index (χ0) is 7.02. The van der Waals surface area contributed by atoms with Crippen molar-refractivity contribution in [3.05, 3.63) is 23.1 Å². The molecule has 0 bridgehead atoms. The van der Waals surface area contributed by atoms with Crippen molar-refractivity contribution >= 4 is 35.0 Å². The molecule has 1 heterocycles. The van der Waals surface area contributed by atoms with Gasteiger partial charge in [-0.25, -0.2) is 9.07 Å². The Kier molecular flexibility index (Phi) is 1.89. The molecule has 1 aromatic heterocycles. The second-order valence-electron chi connectivity index (χ2n) is 1.40. The number of imidazole rings is 1. The van der Waals surface area contributed by atoms with Gasteiger partial charge in [-0.3, -0.25) is 0 Å². The molecule has 0 saturated heterocycles. The summed E-state index contributed by atoms with van der Waals surface area (Å²) in [6.45, 7) is 3.49. The van der Waals surface area contributed by atoms with Crippen LogP contribution in [0.25, 0.3) is 0 Å². The van der Waals surface area contributed by atoms with Crippen molar-refractivity contribution in [3.63, 3.8) is 0 Å². The van der Waals surface area contributed by atoms with Gasteiger partial charge in [0.1, 0.15) is 0 Å². The van der Waals surface area contributed by atoms with Gasteiger partial charge in [0.15, 0.2) is 5.15 Å². The number of rotatable bonds is 0. The quantitative estimate of drug-likeness (QED) is 0.605. The van der Waals surface area contributed by atoms with Crippen LogP contribution in [-0.2, 0) is 0 Å². The van der Waals surface area contributed by atoms with Gasteiger partial charge in [-0.05, 0) is 18.5 Å². The Bertz CT molecular complexity index is 207. The van der Waals surface area contributed by atoms with E-state index in [0.717, 1.165) is 4.09 Å². The molecule has 9 heavy (non-hydrogen) atoms. The summed E-state index contributed by atoms with van der Waals surface area (Å²) in [5.74, 6) is 0. The molecule has 0 aliphatic rings.